The molecule has 0 radical (unpaired) electrons. The lowest BCUT2D eigenvalue weighted by Crippen LogP contribution is -2.13. The van der Waals surface area contributed by atoms with Gasteiger partial charge in [-0.2, -0.15) is 0 Å². The molecule has 0 aliphatic heterocycles. The van der Waals surface area contributed by atoms with E-state index in [2.05, 4.69) is 0 Å². The summed E-state index contributed by atoms with van der Waals surface area (Å²) < 4.78 is 75.3. The monoisotopic (exact) mass is 574 g/mol. The van der Waals surface area contributed by atoms with Gasteiger partial charge in [0.2, 0.25) is 0 Å². The van der Waals surface area contributed by atoms with Gasteiger partial charge in [-0.15, -0.1) is 0 Å². The Balaban J connectivity index is 1.31. The van der Waals surface area contributed by atoms with E-state index in [0.717, 1.165) is 11.1 Å². The Hall–Kier alpha value is -4.02. The second-order valence-electron chi connectivity index (χ2n) is 9.22. The third-order valence-electron chi connectivity index (χ3n) is 6.32. The van der Waals surface area contributed by atoms with Gasteiger partial charge >= 0.3 is 0 Å². The molecule has 0 bridgehead atoms. The molecule has 6 rings (SSSR count). The first kappa shape index (κ1) is 19.2. The van der Waals surface area contributed by atoms with Crippen molar-refractivity contribution in [2.24, 2.45) is 0 Å². The molecule has 1 nitrogen and oxygen atoms in total. The molecule has 0 aliphatic carbocycles. The van der Waals surface area contributed by atoms with E-state index in [4.69, 9.17) is 15.7 Å². The van der Waals surface area contributed by atoms with Gasteiger partial charge in [0.1, 0.15) is 11.5 Å². The van der Waals surface area contributed by atoms with E-state index in [9.17, 15) is 0 Å². The maximum absolute atomic E-state index is 8.62. The molecule has 0 aromatic heterocycles. The van der Waals surface area contributed by atoms with Crippen LogP contribution >= 0.6 is 15.8 Å². The van der Waals surface area contributed by atoms with Crippen LogP contribution in [0.5, 0.6) is 11.5 Å². The molecule has 0 heterocycles. The highest BCUT2D eigenvalue weighted by Gasteiger charge is 2.16. The number of benzene rings is 6. The van der Waals surface area contributed by atoms with E-state index >= 15 is 0 Å². The van der Waals surface area contributed by atoms with Crippen molar-refractivity contribution < 1.29 is 15.7 Å². The lowest BCUT2D eigenvalue weighted by Gasteiger charge is -2.20. The first-order valence-electron chi connectivity index (χ1n) is 17.3. The molecule has 0 fully saturated rings. The van der Waals surface area contributed by atoms with Crippen molar-refractivity contribution in [1.29, 1.82) is 0 Å². The van der Waals surface area contributed by atoms with Crippen LogP contribution in [0.2, 0.25) is 0 Å². The average molecular weight is 575 g/mol. The maximum atomic E-state index is 8.62. The van der Waals surface area contributed by atoms with Crippen LogP contribution < -0.4 is 26.0 Å². The van der Waals surface area contributed by atoms with Crippen molar-refractivity contribution in [3.63, 3.8) is 0 Å². The Morgan fingerprint density at radius 3 is 1.05 bits per heavy atom. The molecule has 0 aliphatic rings. The quantitative estimate of drug-likeness (QED) is 0.149. The minimum atomic E-state index is -1.42. The molecule has 41 heavy (non-hydrogen) atoms. The van der Waals surface area contributed by atoms with Gasteiger partial charge < -0.3 is 4.74 Å². The fraction of sp³-hybridized carbons (Fsp3) is 0.0526. The van der Waals surface area contributed by atoms with Gasteiger partial charge in [-0.3, -0.25) is 0 Å². The summed E-state index contributed by atoms with van der Waals surface area (Å²) in [5.74, 6) is 1.16. The molecule has 6 aromatic carbocycles. The van der Waals surface area contributed by atoms with Crippen LogP contribution in [-0.4, -0.2) is 0 Å². The summed E-state index contributed by atoms with van der Waals surface area (Å²) in [6.45, 7) is 0. The van der Waals surface area contributed by atoms with Crippen molar-refractivity contribution in [1.82, 2.24) is 0 Å². The van der Waals surface area contributed by atoms with E-state index < -0.39 is 15.8 Å². The van der Waals surface area contributed by atoms with Crippen LogP contribution in [-0.2, 0) is 12.3 Å². The lowest BCUT2D eigenvalue weighted by atomic mass is 10.2. The van der Waals surface area contributed by atoms with E-state index in [1.165, 1.54) is 0 Å². The van der Waals surface area contributed by atoms with Crippen LogP contribution in [0.15, 0.2) is 170 Å². The summed E-state index contributed by atoms with van der Waals surface area (Å²) in [5.41, 5.74) is 1.78. The van der Waals surface area contributed by atoms with E-state index in [1.807, 2.05) is 48.5 Å². The average Bonchev–Trinajstić information content (AvgIpc) is 3.04. The van der Waals surface area contributed by atoms with Crippen LogP contribution in [0.4, 0.5) is 0 Å². The van der Waals surface area contributed by atoms with Crippen LogP contribution in [0.1, 0.15) is 22.1 Å². The van der Waals surface area contributed by atoms with Gasteiger partial charge in [0.15, 0.2) is 0 Å². The zero-order valence-electron chi connectivity index (χ0n) is 30.3. The molecule has 0 saturated carbocycles. The highest BCUT2D eigenvalue weighted by Crippen LogP contribution is 2.40. The Labute approximate surface area is 257 Å². The second-order valence-corrected chi connectivity index (χ2v) is 13.4. The van der Waals surface area contributed by atoms with Crippen LogP contribution in [0, 0.1) is 0 Å². The molecule has 0 amide bonds. The predicted octanol–water partition coefficient (Wildman–Crippen LogP) is 8.74. The van der Waals surface area contributed by atoms with Gasteiger partial charge in [-0.1, -0.05) is 145 Å². The minimum absolute atomic E-state index is 0.224. The third-order valence-corrected chi connectivity index (χ3v) is 10.9. The number of hydrogen-bond acceptors (Lipinski definition) is 1. The van der Waals surface area contributed by atoms with Crippen molar-refractivity contribution in [3.05, 3.63) is 181 Å². The summed E-state index contributed by atoms with van der Waals surface area (Å²) in [5, 5.41) is 2.15. The lowest BCUT2D eigenvalue weighted by molar-refractivity contribution is 0.482. The van der Waals surface area contributed by atoms with Crippen molar-refractivity contribution in [2.75, 3.05) is 0 Å². The molecule has 0 N–H and O–H groups in total. The molecule has 0 spiro atoms. The molecule has 0 saturated heterocycles. The molecule has 0 atom stereocenters. The van der Waals surface area contributed by atoms with Crippen molar-refractivity contribution in [3.8, 4) is 11.5 Å². The number of rotatable bonds is 10. The topological polar surface area (TPSA) is 9.23 Å². The van der Waals surface area contributed by atoms with Crippen LogP contribution in [0.25, 0.3) is 0 Å². The third kappa shape index (κ3) is 7.20. The van der Waals surface area contributed by atoms with Crippen LogP contribution in [0.3, 0.4) is 0 Å². The predicted molar refractivity (Wildman–Crippen MR) is 179 cm³/mol. The highest BCUT2D eigenvalue weighted by molar-refractivity contribution is 7.72. The van der Waals surface area contributed by atoms with Crippen molar-refractivity contribution in [2.45, 2.75) is 12.3 Å². The van der Waals surface area contributed by atoms with E-state index in [1.54, 1.807) is 72.8 Å². The number of ether oxygens (including phenoxy) is 1. The fourth-order valence-electron chi connectivity index (χ4n) is 4.45. The fourth-order valence-corrected chi connectivity index (χ4v) is 8.50. The highest BCUT2D eigenvalue weighted by atomic mass is 31.1. The first-order chi connectivity index (χ1) is 23.6. The minimum Gasteiger partial charge on any atom is -0.457 e. The molecule has 200 valence electrons. The molecular formula is C38H32OP2. The van der Waals surface area contributed by atoms with Gasteiger partial charge in [0.25, 0.3) is 0 Å². The largest absolute Gasteiger partial charge is 0.457 e. The van der Waals surface area contributed by atoms with E-state index in [0.29, 0.717) is 45.0 Å². The van der Waals surface area contributed by atoms with Gasteiger partial charge in [-0.25, -0.2) is 0 Å². The summed E-state index contributed by atoms with van der Waals surface area (Å²) in [4.78, 5) is 0. The Morgan fingerprint density at radius 2 is 0.732 bits per heavy atom. The zero-order chi connectivity index (χ0) is 34.7. The maximum Gasteiger partial charge on any atom is 0.127 e. The molecular weight excluding hydrogens is 534 g/mol. The molecule has 3 heteroatoms. The number of hydrogen-bond donors (Lipinski definition) is 0. The smallest absolute Gasteiger partial charge is 0.127 e. The van der Waals surface area contributed by atoms with Gasteiger partial charge in [0, 0.05) is 12.3 Å². The second kappa shape index (κ2) is 13.6. The Bertz CT molecular complexity index is 1810. The van der Waals surface area contributed by atoms with E-state index in [-0.39, 0.29) is 48.3 Å². The molecule has 0 unspecified atom stereocenters. The zero-order valence-corrected chi connectivity index (χ0v) is 24.1. The van der Waals surface area contributed by atoms with Gasteiger partial charge in [0.05, 0.1) is 11.0 Å². The normalized spacial score (nSPS) is 13.8. The standard InChI is InChI=1S/C38H32OP2/c1-5-19-35(20-6-1)40(36-21-7-2-8-22-36)29-31-15-13-17-33(27-31)39-34-18-14-16-32(28-34)30-41(37-23-9-3-10-24-37)38-25-11-4-12-26-38/h1-28H,29-30H2/i19D,20D,21D,22D,23D,24D,25D,26D. The summed E-state index contributed by atoms with van der Waals surface area (Å²) >= 11 is 0. The Kier molecular flexibility index (Phi) is 6.34. The molecule has 6 aromatic rings. The Morgan fingerprint density at radius 1 is 0.415 bits per heavy atom. The summed E-state index contributed by atoms with van der Waals surface area (Å²) in [6, 6.07) is 36.9. The van der Waals surface area contributed by atoms with Crippen molar-refractivity contribution >= 4 is 37.1 Å². The first-order valence-corrected chi connectivity index (χ1v) is 16.3. The summed E-state index contributed by atoms with van der Waals surface area (Å²) in [7, 11) is -2.83. The van der Waals surface area contributed by atoms with Gasteiger partial charge in [-0.05, 0) is 72.5 Å². The SMILES string of the molecule is [2H]c1cccc([2H])c1P(Cc1cccc(Oc2cccc(CP(c3c([2H])cccc3[2H])c3c([2H])cccc3[2H])c2)c1)c1c([2H])cccc1[2H]. The summed E-state index contributed by atoms with van der Waals surface area (Å²) in [6.07, 6.45) is 0.842.